The fourth-order valence-electron chi connectivity index (χ4n) is 3.44. The molecule has 1 aliphatic rings. The smallest absolute Gasteiger partial charge is 0.123 e. The molecule has 0 radical (unpaired) electrons. The van der Waals surface area contributed by atoms with Crippen molar-refractivity contribution in [3.63, 3.8) is 0 Å². The van der Waals surface area contributed by atoms with Crippen molar-refractivity contribution >= 4 is 15.9 Å². The van der Waals surface area contributed by atoms with Crippen molar-refractivity contribution in [3.8, 4) is 0 Å². The summed E-state index contributed by atoms with van der Waals surface area (Å²) in [5.41, 5.74) is 1.59. The van der Waals surface area contributed by atoms with Crippen LogP contribution in [-0.2, 0) is 0 Å². The molecule has 100 valence electrons. The van der Waals surface area contributed by atoms with Gasteiger partial charge >= 0.3 is 0 Å². The highest BCUT2D eigenvalue weighted by Crippen LogP contribution is 2.55. The summed E-state index contributed by atoms with van der Waals surface area (Å²) in [6, 6.07) is 6.99. The molecule has 0 N–H and O–H groups in total. The lowest BCUT2D eigenvalue weighted by molar-refractivity contribution is 0.230. The maximum Gasteiger partial charge on any atom is 0.123 e. The number of halogens is 2. The Balaban J connectivity index is 2.22. The van der Waals surface area contributed by atoms with Crippen LogP contribution >= 0.6 is 15.9 Å². The second-order valence-electron chi connectivity index (χ2n) is 6.08. The molecule has 1 aliphatic carbocycles. The average Bonchev–Trinajstić information content (AvgIpc) is 2.78. The van der Waals surface area contributed by atoms with Crippen molar-refractivity contribution in [2.24, 2.45) is 11.3 Å². The molecule has 0 nitrogen and oxygen atoms in total. The molecule has 0 spiro atoms. The van der Waals surface area contributed by atoms with Crippen molar-refractivity contribution in [3.05, 3.63) is 35.6 Å². The molecule has 2 heteroatoms. The molecule has 1 aromatic rings. The number of hydrogen-bond donors (Lipinski definition) is 0. The molecule has 1 unspecified atom stereocenters. The Kier molecular flexibility index (Phi) is 4.47. The van der Waals surface area contributed by atoms with Gasteiger partial charge in [-0.15, -0.1) is 0 Å². The van der Waals surface area contributed by atoms with E-state index < -0.39 is 0 Å². The van der Waals surface area contributed by atoms with Crippen molar-refractivity contribution < 1.29 is 4.39 Å². The van der Waals surface area contributed by atoms with Gasteiger partial charge in [0.25, 0.3) is 0 Å². The Hall–Kier alpha value is -0.370. The summed E-state index contributed by atoms with van der Waals surface area (Å²) < 4.78 is 13.0. The van der Waals surface area contributed by atoms with Gasteiger partial charge in [0, 0.05) is 4.83 Å². The maximum atomic E-state index is 13.0. The van der Waals surface area contributed by atoms with Gasteiger partial charge in [0.1, 0.15) is 5.82 Å². The molecular weight excluding hydrogens is 291 g/mol. The van der Waals surface area contributed by atoms with Crippen molar-refractivity contribution in [1.29, 1.82) is 0 Å². The van der Waals surface area contributed by atoms with Crippen LogP contribution in [0.4, 0.5) is 4.39 Å². The molecule has 1 fully saturated rings. The Bertz CT molecular complexity index is 377. The molecule has 2 rings (SSSR count). The van der Waals surface area contributed by atoms with Gasteiger partial charge in [0.2, 0.25) is 0 Å². The molecule has 0 aromatic heterocycles. The van der Waals surface area contributed by atoms with Crippen LogP contribution in [0.2, 0.25) is 0 Å². The van der Waals surface area contributed by atoms with Crippen LogP contribution in [0.25, 0.3) is 0 Å². The summed E-state index contributed by atoms with van der Waals surface area (Å²) in [6.45, 7) is 4.59. The molecule has 0 bridgehead atoms. The van der Waals surface area contributed by atoms with Crippen LogP contribution in [0.1, 0.15) is 56.3 Å². The van der Waals surface area contributed by atoms with E-state index in [1.165, 1.54) is 37.7 Å². The van der Waals surface area contributed by atoms with Crippen LogP contribution in [0.15, 0.2) is 24.3 Å². The monoisotopic (exact) mass is 312 g/mol. The highest BCUT2D eigenvalue weighted by Gasteiger charge is 2.40. The topological polar surface area (TPSA) is 0 Å². The van der Waals surface area contributed by atoms with Gasteiger partial charge in [0.05, 0.1) is 0 Å². The fourth-order valence-corrected chi connectivity index (χ4v) is 4.39. The third-order valence-corrected chi connectivity index (χ3v) is 5.61. The zero-order chi connectivity index (χ0) is 13.2. The van der Waals surface area contributed by atoms with E-state index in [1.54, 1.807) is 12.1 Å². The molecule has 18 heavy (non-hydrogen) atoms. The Labute approximate surface area is 118 Å². The first-order valence-electron chi connectivity index (χ1n) is 6.93. The Morgan fingerprint density at radius 2 is 1.72 bits per heavy atom. The first kappa shape index (κ1) is 14.0. The van der Waals surface area contributed by atoms with Crippen LogP contribution in [0, 0.1) is 17.2 Å². The van der Waals surface area contributed by atoms with Crippen LogP contribution in [-0.4, -0.2) is 0 Å². The highest BCUT2D eigenvalue weighted by atomic mass is 79.9. The largest absolute Gasteiger partial charge is 0.207 e. The van der Waals surface area contributed by atoms with Crippen LogP contribution in [0.3, 0.4) is 0 Å². The van der Waals surface area contributed by atoms with E-state index in [2.05, 4.69) is 29.8 Å². The second-order valence-corrected chi connectivity index (χ2v) is 7.00. The third-order valence-electron chi connectivity index (χ3n) is 4.11. The van der Waals surface area contributed by atoms with Crippen molar-refractivity contribution in [1.82, 2.24) is 0 Å². The predicted molar refractivity (Wildman–Crippen MR) is 78.4 cm³/mol. The minimum Gasteiger partial charge on any atom is -0.207 e. The molecule has 1 aromatic carbocycles. The first-order valence-corrected chi connectivity index (χ1v) is 7.85. The van der Waals surface area contributed by atoms with Gasteiger partial charge in [-0.3, -0.25) is 0 Å². The minimum absolute atomic E-state index is 0.150. The van der Waals surface area contributed by atoms with Gasteiger partial charge in [-0.1, -0.05) is 54.8 Å². The summed E-state index contributed by atoms with van der Waals surface area (Å²) in [5, 5.41) is 0. The highest BCUT2D eigenvalue weighted by molar-refractivity contribution is 9.09. The van der Waals surface area contributed by atoms with E-state index in [1.807, 2.05) is 12.1 Å². The summed E-state index contributed by atoms with van der Waals surface area (Å²) >= 11 is 3.90. The fraction of sp³-hybridized carbons (Fsp3) is 0.625. The lowest BCUT2D eigenvalue weighted by atomic mass is 9.74. The molecular formula is C16H22BrF. The average molecular weight is 313 g/mol. The molecule has 1 saturated carbocycles. The zero-order valence-electron chi connectivity index (χ0n) is 11.3. The number of alkyl halides is 1. The number of benzene rings is 1. The van der Waals surface area contributed by atoms with E-state index >= 15 is 0 Å². The molecule has 0 amide bonds. The van der Waals surface area contributed by atoms with E-state index in [4.69, 9.17) is 0 Å². The molecule has 0 aliphatic heterocycles. The zero-order valence-corrected chi connectivity index (χ0v) is 12.8. The summed E-state index contributed by atoms with van der Waals surface area (Å²) in [7, 11) is 0. The van der Waals surface area contributed by atoms with Gasteiger partial charge in [-0.05, 0) is 48.3 Å². The summed E-state index contributed by atoms with van der Waals surface area (Å²) in [5.74, 6) is 0.561. The standard InChI is InChI=1S/C16H22BrF/c1-12(2)11-16(9-3-4-10-16)15(17)13-5-7-14(18)8-6-13/h5-8,12,15H,3-4,9-11H2,1-2H3. The summed E-state index contributed by atoms with van der Waals surface area (Å²) in [6.07, 6.45) is 6.49. The Morgan fingerprint density at radius 1 is 1.17 bits per heavy atom. The normalized spacial score (nSPS) is 20.3. The van der Waals surface area contributed by atoms with E-state index in [0.29, 0.717) is 16.2 Å². The Morgan fingerprint density at radius 3 is 2.22 bits per heavy atom. The van der Waals surface area contributed by atoms with Gasteiger partial charge < -0.3 is 0 Å². The first-order chi connectivity index (χ1) is 8.53. The molecule has 1 atom stereocenters. The van der Waals surface area contributed by atoms with Crippen LogP contribution in [0.5, 0.6) is 0 Å². The van der Waals surface area contributed by atoms with Gasteiger partial charge in [-0.2, -0.15) is 0 Å². The van der Waals surface area contributed by atoms with Crippen LogP contribution < -0.4 is 0 Å². The number of hydrogen-bond acceptors (Lipinski definition) is 0. The summed E-state index contributed by atoms with van der Waals surface area (Å²) in [4.78, 5) is 0.357. The minimum atomic E-state index is -0.150. The van der Waals surface area contributed by atoms with Crippen molar-refractivity contribution in [2.75, 3.05) is 0 Å². The quantitative estimate of drug-likeness (QED) is 0.610. The SMILES string of the molecule is CC(C)CC1(C(Br)c2ccc(F)cc2)CCCC1. The second kappa shape index (κ2) is 5.73. The predicted octanol–water partition coefficient (Wildman–Crippen LogP) is 5.87. The molecule has 0 saturated heterocycles. The van der Waals surface area contributed by atoms with Crippen molar-refractivity contribution in [2.45, 2.75) is 50.8 Å². The number of rotatable bonds is 4. The third kappa shape index (κ3) is 2.96. The van der Waals surface area contributed by atoms with E-state index in [-0.39, 0.29) is 5.82 Å². The van der Waals surface area contributed by atoms with E-state index in [9.17, 15) is 4.39 Å². The van der Waals surface area contributed by atoms with Gasteiger partial charge in [0.15, 0.2) is 0 Å². The maximum absolute atomic E-state index is 13.0. The molecule has 0 heterocycles. The van der Waals surface area contributed by atoms with E-state index in [0.717, 1.165) is 0 Å². The lowest BCUT2D eigenvalue weighted by Gasteiger charge is -2.36. The van der Waals surface area contributed by atoms with Gasteiger partial charge in [-0.25, -0.2) is 4.39 Å². The lowest BCUT2D eigenvalue weighted by Crippen LogP contribution is -2.24.